The molecule has 28 heavy (non-hydrogen) atoms. The van der Waals surface area contributed by atoms with Crippen molar-refractivity contribution < 1.29 is 9.36 Å². The first kappa shape index (κ1) is 17.7. The number of allylic oxidation sites excluding steroid dienone is 3. The largest absolute Gasteiger partial charge is 0.397 e. The van der Waals surface area contributed by atoms with Gasteiger partial charge in [0, 0.05) is 12.3 Å². The molecule has 8 nitrogen and oxygen atoms in total. The maximum atomic E-state index is 11.8. The molecule has 0 saturated carbocycles. The molecule has 8 heteroatoms. The van der Waals surface area contributed by atoms with Crippen molar-refractivity contribution in [2.24, 2.45) is 17.8 Å². The molecule has 4 rings (SSSR count). The maximum Gasteiger partial charge on any atom is 0.243 e. The lowest BCUT2D eigenvalue weighted by atomic mass is 10.0. The summed E-state index contributed by atoms with van der Waals surface area (Å²) in [6.07, 6.45) is 11.0. The molecule has 3 N–H and O–H groups in total. The van der Waals surface area contributed by atoms with Gasteiger partial charge in [-0.05, 0) is 30.7 Å². The SMILES string of the molecule is CC1=C/C(=N\c2c(NCCn3cc[n+](C)c3)nn3ccccc23)C(N)=CC1=O. The molecule has 1 aliphatic carbocycles. The monoisotopic (exact) mass is 376 g/mol. The zero-order valence-corrected chi connectivity index (χ0v) is 15.8. The van der Waals surface area contributed by atoms with E-state index < -0.39 is 0 Å². The number of nitrogens with one attached hydrogen (secondary N) is 1. The minimum absolute atomic E-state index is 0.0884. The third kappa shape index (κ3) is 3.44. The van der Waals surface area contributed by atoms with Gasteiger partial charge in [0.25, 0.3) is 0 Å². The van der Waals surface area contributed by atoms with Gasteiger partial charge in [-0.3, -0.25) is 4.79 Å². The molecule has 3 aromatic rings. The van der Waals surface area contributed by atoms with Crippen molar-refractivity contribution in [3.8, 4) is 0 Å². The number of ketones is 1. The van der Waals surface area contributed by atoms with Gasteiger partial charge in [-0.25, -0.2) is 18.6 Å². The minimum atomic E-state index is -0.0884. The summed E-state index contributed by atoms with van der Waals surface area (Å²) < 4.78 is 5.87. The standard InChI is InChI=1S/C20H21N7O/c1-14-11-16(15(21)12-18(14)28)23-19-17-5-3-4-7-27(17)24-20(19)22-6-8-26-10-9-25(2)13-26/h3-5,7,9-13H,6,8H2,1-2H3,(H2-,21,22,24,28)/p+1/b23-16+. The van der Waals surface area contributed by atoms with Crippen molar-refractivity contribution in [3.05, 3.63) is 66.5 Å². The zero-order chi connectivity index (χ0) is 19.7. The fourth-order valence-electron chi connectivity index (χ4n) is 3.06. The lowest BCUT2D eigenvalue weighted by Crippen LogP contribution is -2.24. The Hall–Kier alpha value is -3.68. The molecule has 3 aromatic heterocycles. The van der Waals surface area contributed by atoms with Crippen LogP contribution < -0.4 is 15.6 Å². The summed E-state index contributed by atoms with van der Waals surface area (Å²) in [6, 6.07) is 5.81. The average Bonchev–Trinajstić information content (AvgIpc) is 3.23. The molecule has 0 fully saturated rings. The second kappa shape index (κ2) is 7.15. The number of anilines is 1. The van der Waals surface area contributed by atoms with Crippen molar-refractivity contribution in [3.63, 3.8) is 0 Å². The molecule has 0 unspecified atom stereocenters. The van der Waals surface area contributed by atoms with Crippen LogP contribution in [-0.4, -0.2) is 32.2 Å². The number of rotatable bonds is 5. The molecule has 0 aliphatic heterocycles. The first-order chi connectivity index (χ1) is 13.5. The quantitative estimate of drug-likeness (QED) is 0.521. The Morgan fingerprint density at radius 2 is 2.14 bits per heavy atom. The van der Waals surface area contributed by atoms with Crippen molar-refractivity contribution >= 4 is 28.5 Å². The summed E-state index contributed by atoms with van der Waals surface area (Å²) in [5.41, 5.74) is 9.13. The highest BCUT2D eigenvalue weighted by atomic mass is 16.1. The first-order valence-electron chi connectivity index (χ1n) is 9.02. The molecular formula is C20H22N7O+. The molecule has 0 spiro atoms. The number of pyridine rings is 1. The third-order valence-corrected chi connectivity index (χ3v) is 4.56. The topological polar surface area (TPSA) is 93.6 Å². The molecule has 0 radical (unpaired) electrons. The van der Waals surface area contributed by atoms with Crippen LogP contribution in [0.2, 0.25) is 0 Å². The van der Waals surface area contributed by atoms with E-state index in [9.17, 15) is 4.79 Å². The number of hydrogen-bond donors (Lipinski definition) is 2. The molecule has 0 bridgehead atoms. The molecule has 142 valence electrons. The molecule has 0 saturated heterocycles. The number of aryl methyl sites for hydroxylation is 1. The predicted molar refractivity (Wildman–Crippen MR) is 107 cm³/mol. The number of aromatic nitrogens is 4. The Balaban J connectivity index is 1.66. The number of nitrogens with two attached hydrogens (primary N) is 1. The number of fused-ring (bicyclic) bond motifs is 1. The molecule has 3 heterocycles. The van der Waals surface area contributed by atoms with E-state index in [1.165, 1.54) is 6.08 Å². The second-order valence-corrected chi connectivity index (χ2v) is 6.76. The summed E-state index contributed by atoms with van der Waals surface area (Å²) in [4.78, 5) is 16.5. The Morgan fingerprint density at radius 1 is 1.29 bits per heavy atom. The molecule has 0 aromatic carbocycles. The van der Waals surface area contributed by atoms with Gasteiger partial charge in [0.15, 0.2) is 11.6 Å². The van der Waals surface area contributed by atoms with Crippen LogP contribution in [0.25, 0.3) is 5.52 Å². The van der Waals surface area contributed by atoms with Crippen molar-refractivity contribution in [1.82, 2.24) is 14.2 Å². The smallest absolute Gasteiger partial charge is 0.243 e. The fourth-order valence-corrected chi connectivity index (χ4v) is 3.06. The van der Waals surface area contributed by atoms with E-state index in [4.69, 9.17) is 10.7 Å². The number of imidazole rings is 1. The van der Waals surface area contributed by atoms with Crippen LogP contribution in [0.4, 0.5) is 11.5 Å². The van der Waals surface area contributed by atoms with Crippen LogP contribution in [0, 0.1) is 0 Å². The van der Waals surface area contributed by atoms with E-state index in [0.717, 1.165) is 12.1 Å². The summed E-state index contributed by atoms with van der Waals surface area (Å²) >= 11 is 0. The summed E-state index contributed by atoms with van der Waals surface area (Å²) in [6.45, 7) is 3.24. The van der Waals surface area contributed by atoms with Crippen molar-refractivity contribution in [1.29, 1.82) is 0 Å². The Morgan fingerprint density at radius 3 is 2.93 bits per heavy atom. The molecule has 0 amide bonds. The number of carbonyl (C=O) groups is 1. The van der Waals surface area contributed by atoms with Gasteiger partial charge in [0.1, 0.15) is 24.6 Å². The first-order valence-corrected chi connectivity index (χ1v) is 9.02. The predicted octanol–water partition coefficient (Wildman–Crippen LogP) is 1.52. The second-order valence-electron chi connectivity index (χ2n) is 6.76. The number of nitrogens with zero attached hydrogens (tertiary/aromatic N) is 5. The van der Waals surface area contributed by atoms with E-state index in [0.29, 0.717) is 35.0 Å². The fraction of sp³-hybridized carbons (Fsp3) is 0.200. The minimum Gasteiger partial charge on any atom is -0.397 e. The number of aliphatic imine (C=N–C) groups is 1. The lowest BCUT2D eigenvalue weighted by molar-refractivity contribution is -0.671. The number of carbonyl (C=O) groups excluding carboxylic acids is 1. The Labute approximate surface area is 162 Å². The van der Waals surface area contributed by atoms with Gasteiger partial charge in [-0.1, -0.05) is 6.07 Å². The van der Waals surface area contributed by atoms with E-state index in [-0.39, 0.29) is 5.78 Å². The average molecular weight is 376 g/mol. The van der Waals surface area contributed by atoms with Crippen LogP contribution in [-0.2, 0) is 18.4 Å². The molecular weight excluding hydrogens is 354 g/mol. The van der Waals surface area contributed by atoms with E-state index in [1.807, 2.05) is 54.7 Å². The van der Waals surface area contributed by atoms with E-state index in [1.54, 1.807) is 17.5 Å². The highest BCUT2D eigenvalue weighted by Gasteiger charge is 2.17. The van der Waals surface area contributed by atoms with Crippen LogP contribution in [0.5, 0.6) is 0 Å². The summed E-state index contributed by atoms with van der Waals surface area (Å²) in [5.74, 6) is 0.584. The third-order valence-electron chi connectivity index (χ3n) is 4.56. The van der Waals surface area contributed by atoms with Gasteiger partial charge in [0.05, 0.1) is 30.5 Å². The zero-order valence-electron chi connectivity index (χ0n) is 15.8. The Kier molecular flexibility index (Phi) is 4.52. The van der Waals surface area contributed by atoms with Gasteiger partial charge in [0.2, 0.25) is 6.33 Å². The normalized spacial score (nSPS) is 15.8. The van der Waals surface area contributed by atoms with Crippen LogP contribution in [0.15, 0.2) is 71.5 Å². The van der Waals surface area contributed by atoms with Crippen molar-refractivity contribution in [2.45, 2.75) is 13.5 Å². The van der Waals surface area contributed by atoms with E-state index in [2.05, 4.69) is 15.0 Å². The van der Waals surface area contributed by atoms with Crippen LogP contribution in [0.1, 0.15) is 6.92 Å². The maximum absolute atomic E-state index is 11.8. The van der Waals surface area contributed by atoms with E-state index >= 15 is 0 Å². The van der Waals surface area contributed by atoms with Crippen molar-refractivity contribution in [2.75, 3.05) is 11.9 Å². The lowest BCUT2D eigenvalue weighted by Gasteiger charge is -2.09. The Bertz CT molecular complexity index is 1150. The summed E-state index contributed by atoms with van der Waals surface area (Å²) in [5, 5.41) is 7.98. The molecule has 0 atom stereocenters. The van der Waals surface area contributed by atoms with Gasteiger partial charge in [-0.2, -0.15) is 0 Å². The molecule has 1 aliphatic rings. The van der Waals surface area contributed by atoms with Gasteiger partial charge in [-0.15, -0.1) is 5.10 Å². The highest BCUT2D eigenvalue weighted by Crippen LogP contribution is 2.30. The van der Waals surface area contributed by atoms with Crippen LogP contribution >= 0.6 is 0 Å². The number of hydrogen-bond acceptors (Lipinski definition) is 5. The van der Waals surface area contributed by atoms with Crippen LogP contribution in [0.3, 0.4) is 0 Å². The summed E-state index contributed by atoms with van der Waals surface area (Å²) in [7, 11) is 1.99. The van der Waals surface area contributed by atoms with Gasteiger partial charge >= 0.3 is 0 Å². The highest BCUT2D eigenvalue weighted by molar-refractivity contribution is 6.22. The van der Waals surface area contributed by atoms with Gasteiger partial charge < -0.3 is 11.1 Å².